The molecule has 0 aliphatic heterocycles. The summed E-state index contributed by atoms with van der Waals surface area (Å²) in [5, 5.41) is 3.16. The molecule has 0 aromatic heterocycles. The molecule has 3 nitrogen and oxygen atoms in total. The molecule has 0 aromatic carbocycles. The number of carbonyl (C=O) groups excluding carboxylic acids is 1. The number of nitrogens with one attached hydrogen (secondary N) is 1. The molecule has 0 unspecified atom stereocenters. The third kappa shape index (κ3) is 6.25. The van der Waals surface area contributed by atoms with Gasteiger partial charge in [0.05, 0.1) is 5.41 Å². The van der Waals surface area contributed by atoms with Crippen molar-refractivity contribution in [2.75, 3.05) is 7.05 Å². The molecule has 120 valence electrons. The molecule has 0 spiro atoms. The van der Waals surface area contributed by atoms with Crippen molar-refractivity contribution >= 4 is 5.97 Å². The van der Waals surface area contributed by atoms with Gasteiger partial charge in [-0.2, -0.15) is 0 Å². The van der Waals surface area contributed by atoms with Crippen molar-refractivity contribution in [1.82, 2.24) is 5.32 Å². The molecule has 1 rings (SSSR count). The Morgan fingerprint density at radius 3 is 2.00 bits per heavy atom. The first-order valence-corrected chi connectivity index (χ1v) is 8.15. The lowest BCUT2D eigenvalue weighted by Crippen LogP contribution is -2.47. The van der Waals surface area contributed by atoms with Crippen LogP contribution in [0.4, 0.5) is 0 Å². The molecule has 1 saturated carbocycles. The first kappa shape index (κ1) is 19.4. The van der Waals surface area contributed by atoms with Crippen molar-refractivity contribution in [3.63, 3.8) is 0 Å². The Labute approximate surface area is 125 Å². The van der Waals surface area contributed by atoms with Crippen molar-refractivity contribution in [2.45, 2.75) is 85.8 Å². The molecule has 0 saturated heterocycles. The van der Waals surface area contributed by atoms with Crippen LogP contribution in [0.3, 0.4) is 0 Å². The number of carbonyl (C=O) groups is 1. The minimum absolute atomic E-state index is 0.0822. The van der Waals surface area contributed by atoms with Crippen LogP contribution in [0.1, 0.15) is 80.1 Å². The Morgan fingerprint density at radius 1 is 1.25 bits per heavy atom. The fourth-order valence-electron chi connectivity index (χ4n) is 1.81. The lowest BCUT2D eigenvalue weighted by atomic mass is 9.90. The van der Waals surface area contributed by atoms with Crippen LogP contribution in [0.25, 0.3) is 0 Å². The molecule has 0 radical (unpaired) electrons. The average molecular weight is 285 g/mol. The third-order valence-electron chi connectivity index (χ3n) is 4.41. The van der Waals surface area contributed by atoms with Gasteiger partial charge in [0.1, 0.15) is 0 Å². The maximum Gasteiger partial charge on any atom is 0.313 e. The number of esters is 1. The van der Waals surface area contributed by atoms with Gasteiger partial charge in [-0.15, -0.1) is 0 Å². The summed E-state index contributed by atoms with van der Waals surface area (Å²) in [6.45, 7) is 12.5. The van der Waals surface area contributed by atoms with Crippen molar-refractivity contribution < 1.29 is 9.53 Å². The molecule has 0 aromatic rings. The Hall–Kier alpha value is -0.570. The second-order valence-corrected chi connectivity index (χ2v) is 6.88. The van der Waals surface area contributed by atoms with Crippen LogP contribution in [0.2, 0.25) is 0 Å². The largest absolute Gasteiger partial charge is 0.444 e. The number of rotatable bonds is 5. The molecular weight excluding hydrogens is 250 g/mol. The SMILES string of the molecule is CCC(C)(C)C(=O)OC1(NC)CCCC1.CCC(C)C. The van der Waals surface area contributed by atoms with Gasteiger partial charge in [-0.25, -0.2) is 0 Å². The van der Waals surface area contributed by atoms with E-state index in [1.54, 1.807) is 0 Å². The topological polar surface area (TPSA) is 38.3 Å². The van der Waals surface area contributed by atoms with Crippen LogP contribution >= 0.6 is 0 Å². The molecule has 1 aliphatic carbocycles. The molecule has 3 heteroatoms. The zero-order valence-corrected chi connectivity index (χ0v) is 14.6. The van der Waals surface area contributed by atoms with Crippen molar-refractivity contribution in [3.8, 4) is 0 Å². The van der Waals surface area contributed by atoms with Crippen LogP contribution in [0, 0.1) is 11.3 Å². The van der Waals surface area contributed by atoms with Gasteiger partial charge in [-0.3, -0.25) is 10.1 Å². The Kier molecular flexibility index (Phi) is 8.41. The lowest BCUT2D eigenvalue weighted by molar-refractivity contribution is -0.173. The summed E-state index contributed by atoms with van der Waals surface area (Å²) in [6.07, 6.45) is 6.27. The smallest absolute Gasteiger partial charge is 0.313 e. The van der Waals surface area contributed by atoms with Gasteiger partial charge in [0.25, 0.3) is 0 Å². The zero-order valence-electron chi connectivity index (χ0n) is 14.6. The minimum atomic E-state index is -0.385. The Morgan fingerprint density at radius 2 is 1.70 bits per heavy atom. The standard InChI is InChI=1S/C12H23NO2.C5H12/c1-5-11(2,3)10(14)15-12(13-4)8-6-7-9-12;1-4-5(2)3/h13H,5-9H2,1-4H3;5H,4H2,1-3H3. The highest BCUT2D eigenvalue weighted by atomic mass is 16.6. The van der Waals surface area contributed by atoms with Crippen LogP contribution < -0.4 is 5.32 Å². The summed E-state index contributed by atoms with van der Waals surface area (Å²) < 4.78 is 5.65. The molecule has 20 heavy (non-hydrogen) atoms. The van der Waals surface area contributed by atoms with E-state index in [2.05, 4.69) is 26.1 Å². The van der Waals surface area contributed by atoms with Crippen LogP contribution in [0.5, 0.6) is 0 Å². The van der Waals surface area contributed by atoms with Gasteiger partial charge < -0.3 is 4.74 Å². The first-order chi connectivity index (χ1) is 9.23. The van der Waals surface area contributed by atoms with E-state index < -0.39 is 0 Å². The normalized spacial score (nSPS) is 17.6. The van der Waals surface area contributed by atoms with Crippen molar-refractivity contribution in [3.05, 3.63) is 0 Å². The second-order valence-electron chi connectivity index (χ2n) is 6.88. The van der Waals surface area contributed by atoms with Gasteiger partial charge in [0.2, 0.25) is 0 Å². The van der Waals surface area contributed by atoms with Gasteiger partial charge in [0, 0.05) is 12.8 Å². The molecule has 0 amide bonds. The molecule has 1 fully saturated rings. The van der Waals surface area contributed by atoms with Gasteiger partial charge >= 0.3 is 5.97 Å². The summed E-state index contributed by atoms with van der Waals surface area (Å²) in [4.78, 5) is 12.0. The van der Waals surface area contributed by atoms with Gasteiger partial charge in [0.15, 0.2) is 5.72 Å². The first-order valence-electron chi connectivity index (χ1n) is 8.15. The number of hydrogen-bond donors (Lipinski definition) is 1. The maximum atomic E-state index is 12.0. The monoisotopic (exact) mass is 285 g/mol. The van der Waals surface area contributed by atoms with Crippen molar-refractivity contribution in [2.24, 2.45) is 11.3 Å². The van der Waals surface area contributed by atoms with Crippen molar-refractivity contribution in [1.29, 1.82) is 0 Å². The fraction of sp³-hybridized carbons (Fsp3) is 0.941. The van der Waals surface area contributed by atoms with Crippen LogP contribution in [-0.2, 0) is 9.53 Å². The predicted octanol–water partition coefficient (Wildman–Crippen LogP) is 4.51. The molecule has 1 N–H and O–H groups in total. The number of ether oxygens (including phenoxy) is 1. The quantitative estimate of drug-likeness (QED) is 0.596. The highest BCUT2D eigenvalue weighted by Gasteiger charge is 2.39. The van der Waals surface area contributed by atoms with E-state index in [9.17, 15) is 4.79 Å². The molecule has 1 aliphatic rings. The second kappa shape index (κ2) is 8.66. The highest BCUT2D eigenvalue weighted by molar-refractivity contribution is 5.76. The number of hydrogen-bond acceptors (Lipinski definition) is 3. The lowest BCUT2D eigenvalue weighted by Gasteiger charge is -2.32. The van der Waals surface area contributed by atoms with E-state index >= 15 is 0 Å². The summed E-state index contributed by atoms with van der Waals surface area (Å²) in [6, 6.07) is 0. The zero-order chi connectivity index (χ0) is 15.8. The van der Waals surface area contributed by atoms with E-state index in [0.29, 0.717) is 0 Å². The summed E-state index contributed by atoms with van der Waals surface area (Å²) in [7, 11) is 1.87. The van der Waals surface area contributed by atoms with E-state index in [1.807, 2.05) is 27.8 Å². The maximum absolute atomic E-state index is 12.0. The molecule has 0 bridgehead atoms. The third-order valence-corrected chi connectivity index (χ3v) is 4.41. The van der Waals surface area contributed by atoms with E-state index in [-0.39, 0.29) is 17.1 Å². The van der Waals surface area contributed by atoms with E-state index in [4.69, 9.17) is 4.74 Å². The average Bonchev–Trinajstić information content (AvgIpc) is 2.88. The molecule has 0 atom stereocenters. The summed E-state index contributed by atoms with van der Waals surface area (Å²) in [5.74, 6) is 0.802. The summed E-state index contributed by atoms with van der Waals surface area (Å²) >= 11 is 0. The summed E-state index contributed by atoms with van der Waals surface area (Å²) in [5.41, 5.74) is -0.754. The van der Waals surface area contributed by atoms with Gasteiger partial charge in [-0.05, 0) is 46.1 Å². The Balaban J connectivity index is 0.000000621. The highest BCUT2D eigenvalue weighted by Crippen LogP contribution is 2.33. The predicted molar refractivity (Wildman–Crippen MR) is 85.6 cm³/mol. The molecule has 0 heterocycles. The van der Waals surface area contributed by atoms with Crippen LogP contribution in [0.15, 0.2) is 0 Å². The van der Waals surface area contributed by atoms with Crippen LogP contribution in [-0.4, -0.2) is 18.7 Å². The minimum Gasteiger partial charge on any atom is -0.444 e. The Bertz CT molecular complexity index is 279. The van der Waals surface area contributed by atoms with E-state index in [1.165, 1.54) is 6.42 Å². The molecular formula is C17H35NO2. The van der Waals surface area contributed by atoms with Gasteiger partial charge in [-0.1, -0.05) is 34.1 Å². The fourth-order valence-corrected chi connectivity index (χ4v) is 1.81. The van der Waals surface area contributed by atoms with E-state index in [0.717, 1.165) is 38.0 Å².